The smallest absolute Gasteiger partial charge is 0.411 e. The minimum atomic E-state index is -5.19. The van der Waals surface area contributed by atoms with Gasteiger partial charge in [0, 0.05) is 6.07 Å². The fourth-order valence-corrected chi connectivity index (χ4v) is 3.81. The van der Waals surface area contributed by atoms with E-state index >= 15 is 0 Å². The summed E-state index contributed by atoms with van der Waals surface area (Å²) in [6.45, 7) is 0. The van der Waals surface area contributed by atoms with E-state index in [1.807, 2.05) is 0 Å². The zero-order valence-corrected chi connectivity index (χ0v) is 13.7. The van der Waals surface area contributed by atoms with Gasteiger partial charge in [0.05, 0.1) is 29.2 Å². The Labute approximate surface area is 145 Å². The fourth-order valence-electron chi connectivity index (χ4n) is 2.49. The van der Waals surface area contributed by atoms with Crippen molar-refractivity contribution < 1.29 is 35.9 Å². The molecule has 26 heavy (non-hydrogen) atoms. The molecule has 1 aliphatic rings. The predicted molar refractivity (Wildman–Crippen MR) is 80.6 cm³/mol. The van der Waals surface area contributed by atoms with Crippen molar-refractivity contribution >= 4 is 15.6 Å². The molecular formula is C16H8F3NO5S. The van der Waals surface area contributed by atoms with Crippen molar-refractivity contribution in [3.05, 3.63) is 47.3 Å². The van der Waals surface area contributed by atoms with Crippen LogP contribution in [-0.2, 0) is 9.84 Å². The Morgan fingerprint density at radius 3 is 2.50 bits per heavy atom. The Balaban J connectivity index is 2.17. The van der Waals surface area contributed by atoms with E-state index in [0.29, 0.717) is 0 Å². The molecule has 2 aromatic rings. The summed E-state index contributed by atoms with van der Waals surface area (Å²) in [5.41, 5.74) is -0.905. The number of nitriles is 1. The van der Waals surface area contributed by atoms with Gasteiger partial charge in [-0.1, -0.05) is 0 Å². The van der Waals surface area contributed by atoms with E-state index in [1.54, 1.807) is 6.07 Å². The lowest BCUT2D eigenvalue weighted by Crippen LogP contribution is -2.30. The van der Waals surface area contributed by atoms with E-state index in [0.717, 1.165) is 31.4 Å². The molecule has 0 fully saturated rings. The van der Waals surface area contributed by atoms with Crippen LogP contribution in [0.4, 0.5) is 13.2 Å². The summed E-state index contributed by atoms with van der Waals surface area (Å²) in [6, 6.07) is 6.53. The van der Waals surface area contributed by atoms with Gasteiger partial charge in [0.2, 0.25) is 0 Å². The first kappa shape index (κ1) is 17.8. The molecule has 1 aliphatic heterocycles. The molecule has 0 aromatic heterocycles. The standard InChI is InChI=1S/C16H8F3NO5S/c1-24-14-11(25-10-5-8(7-20)4-9(17)6-10)2-3-12-13(14)15(21)16(18,19)26(12,22)23/h2-6H,1H3. The largest absolute Gasteiger partial charge is 0.492 e. The number of fused-ring (bicyclic) bond motifs is 1. The third-order valence-electron chi connectivity index (χ3n) is 3.63. The predicted octanol–water partition coefficient (Wildman–Crippen LogP) is 3.06. The van der Waals surface area contributed by atoms with Gasteiger partial charge in [-0.25, -0.2) is 12.8 Å². The lowest BCUT2D eigenvalue weighted by atomic mass is 10.1. The van der Waals surface area contributed by atoms with Crippen LogP contribution in [0, 0.1) is 17.1 Å². The summed E-state index contributed by atoms with van der Waals surface area (Å²) in [7, 11) is -4.16. The number of sulfone groups is 1. The third-order valence-corrected chi connectivity index (χ3v) is 5.41. The lowest BCUT2D eigenvalue weighted by molar-refractivity contribution is 0.0546. The van der Waals surface area contributed by atoms with E-state index in [2.05, 4.69) is 0 Å². The normalized spacial score (nSPS) is 16.7. The Kier molecular flexibility index (Phi) is 3.92. The average molecular weight is 383 g/mol. The van der Waals surface area contributed by atoms with Gasteiger partial charge in [0.25, 0.3) is 15.6 Å². The molecule has 3 rings (SSSR count). The number of methoxy groups -OCH3 is 1. The van der Waals surface area contributed by atoms with Crippen molar-refractivity contribution in [3.63, 3.8) is 0 Å². The quantitative estimate of drug-likeness (QED) is 0.809. The van der Waals surface area contributed by atoms with Crippen LogP contribution in [0.25, 0.3) is 0 Å². The number of hydrogen-bond acceptors (Lipinski definition) is 6. The number of ether oxygens (including phenoxy) is 2. The van der Waals surface area contributed by atoms with Crippen LogP contribution >= 0.6 is 0 Å². The van der Waals surface area contributed by atoms with Crippen molar-refractivity contribution in [2.75, 3.05) is 7.11 Å². The molecule has 10 heteroatoms. The summed E-state index contributed by atoms with van der Waals surface area (Å²) in [5, 5.41) is 4.22. The number of carbonyl (C=O) groups excluding carboxylic acids is 1. The molecule has 2 aromatic carbocycles. The van der Waals surface area contributed by atoms with Crippen molar-refractivity contribution in [3.8, 4) is 23.3 Å². The van der Waals surface area contributed by atoms with Gasteiger partial charge in [0.1, 0.15) is 11.6 Å². The Morgan fingerprint density at radius 2 is 1.88 bits per heavy atom. The maximum Gasteiger partial charge on any atom is 0.411 e. The second kappa shape index (κ2) is 5.74. The van der Waals surface area contributed by atoms with Gasteiger partial charge in [-0.05, 0) is 24.3 Å². The van der Waals surface area contributed by atoms with Crippen LogP contribution < -0.4 is 9.47 Å². The molecule has 0 unspecified atom stereocenters. The molecular weight excluding hydrogens is 375 g/mol. The van der Waals surface area contributed by atoms with Crippen molar-refractivity contribution in [2.45, 2.75) is 10.2 Å². The number of benzene rings is 2. The molecule has 0 atom stereocenters. The third kappa shape index (κ3) is 2.40. The van der Waals surface area contributed by atoms with E-state index in [-0.39, 0.29) is 17.1 Å². The lowest BCUT2D eigenvalue weighted by Gasteiger charge is -2.13. The number of nitrogens with zero attached hydrogens (tertiary/aromatic N) is 1. The van der Waals surface area contributed by atoms with Gasteiger partial charge in [-0.15, -0.1) is 0 Å². The number of ketones is 1. The highest BCUT2D eigenvalue weighted by Gasteiger charge is 2.62. The van der Waals surface area contributed by atoms with Gasteiger partial charge in [-0.3, -0.25) is 4.79 Å². The summed E-state index contributed by atoms with van der Waals surface area (Å²) >= 11 is 0. The highest BCUT2D eigenvalue weighted by atomic mass is 32.2. The number of alkyl halides is 2. The van der Waals surface area contributed by atoms with E-state index < -0.39 is 42.9 Å². The van der Waals surface area contributed by atoms with Gasteiger partial charge in [-0.2, -0.15) is 14.0 Å². The monoisotopic (exact) mass is 383 g/mol. The van der Waals surface area contributed by atoms with Crippen molar-refractivity contribution in [1.29, 1.82) is 5.26 Å². The van der Waals surface area contributed by atoms with E-state index in [9.17, 15) is 26.4 Å². The second-order valence-corrected chi connectivity index (χ2v) is 7.17. The molecule has 0 saturated heterocycles. The molecule has 0 bridgehead atoms. The summed E-state index contributed by atoms with van der Waals surface area (Å²) in [4.78, 5) is 11.0. The summed E-state index contributed by atoms with van der Waals surface area (Å²) < 4.78 is 75.0. The van der Waals surface area contributed by atoms with Crippen LogP contribution in [0.5, 0.6) is 17.2 Å². The number of carbonyl (C=O) groups is 1. The second-order valence-electron chi connectivity index (χ2n) is 5.21. The SMILES string of the molecule is COc1c(Oc2cc(F)cc(C#N)c2)ccc2c1C(=O)C(F)(F)S2(=O)=O. The van der Waals surface area contributed by atoms with E-state index in [4.69, 9.17) is 14.7 Å². The molecule has 0 radical (unpaired) electrons. The minimum Gasteiger partial charge on any atom is -0.492 e. The Morgan fingerprint density at radius 1 is 1.19 bits per heavy atom. The Bertz CT molecular complexity index is 1090. The van der Waals surface area contributed by atoms with Crippen LogP contribution in [0.15, 0.2) is 35.2 Å². The highest BCUT2D eigenvalue weighted by molar-refractivity contribution is 7.94. The minimum absolute atomic E-state index is 0.0645. The Hall–Kier alpha value is -3.06. The molecule has 0 amide bonds. The molecule has 0 saturated carbocycles. The number of hydrogen-bond donors (Lipinski definition) is 0. The fraction of sp³-hybridized carbons (Fsp3) is 0.125. The molecule has 0 aliphatic carbocycles. The van der Waals surface area contributed by atoms with Crippen LogP contribution in [-0.4, -0.2) is 26.6 Å². The maximum absolute atomic E-state index is 13.8. The topological polar surface area (TPSA) is 93.5 Å². The molecule has 0 spiro atoms. The number of Topliss-reactive ketones (excluding diaryl/α,β-unsaturated/α-hetero) is 1. The van der Waals surface area contributed by atoms with Crippen LogP contribution in [0.3, 0.4) is 0 Å². The molecule has 0 N–H and O–H groups in total. The average Bonchev–Trinajstić information content (AvgIpc) is 2.72. The first-order valence-electron chi connectivity index (χ1n) is 6.90. The molecule has 1 heterocycles. The molecule has 6 nitrogen and oxygen atoms in total. The van der Waals surface area contributed by atoms with Gasteiger partial charge >= 0.3 is 5.25 Å². The maximum atomic E-state index is 13.8. The van der Waals surface area contributed by atoms with Crippen molar-refractivity contribution in [1.82, 2.24) is 0 Å². The zero-order valence-electron chi connectivity index (χ0n) is 12.9. The van der Waals surface area contributed by atoms with Gasteiger partial charge in [0.15, 0.2) is 11.5 Å². The molecule has 134 valence electrons. The summed E-state index contributed by atoms with van der Waals surface area (Å²) in [5.74, 6) is -3.71. The van der Waals surface area contributed by atoms with Crippen molar-refractivity contribution in [2.24, 2.45) is 0 Å². The summed E-state index contributed by atoms with van der Waals surface area (Å²) in [6.07, 6.45) is 0. The van der Waals surface area contributed by atoms with Crippen LogP contribution in [0.2, 0.25) is 0 Å². The van der Waals surface area contributed by atoms with Gasteiger partial charge < -0.3 is 9.47 Å². The first-order valence-corrected chi connectivity index (χ1v) is 8.38. The number of rotatable bonds is 3. The first-order chi connectivity index (χ1) is 12.1. The zero-order chi connectivity index (χ0) is 19.3. The van der Waals surface area contributed by atoms with E-state index in [1.165, 1.54) is 6.07 Å². The highest BCUT2D eigenvalue weighted by Crippen LogP contribution is 2.48. The van der Waals surface area contributed by atoms with Crippen LogP contribution in [0.1, 0.15) is 15.9 Å². The number of halogens is 3.